The number of benzene rings is 5. The van der Waals surface area contributed by atoms with Crippen LogP contribution in [0.5, 0.6) is 0 Å². The summed E-state index contributed by atoms with van der Waals surface area (Å²) in [6.07, 6.45) is 17.0. The molecule has 0 unspecified atom stereocenters. The third kappa shape index (κ3) is 3.58. The van der Waals surface area contributed by atoms with Gasteiger partial charge in [0.25, 0.3) is 0 Å². The third-order valence-electron chi connectivity index (χ3n) is 10.2. The number of hydrogen-bond acceptors (Lipinski definition) is 0. The van der Waals surface area contributed by atoms with Crippen LogP contribution in [0.4, 0.5) is 0 Å². The minimum atomic E-state index is 1.18. The Morgan fingerprint density at radius 3 is 1.62 bits per heavy atom. The van der Waals surface area contributed by atoms with E-state index in [4.69, 9.17) is 0 Å². The molecule has 0 aliphatic heterocycles. The number of rotatable bonds is 7. The summed E-state index contributed by atoms with van der Waals surface area (Å²) >= 11 is 0. The third-order valence-corrected chi connectivity index (χ3v) is 10.2. The minimum absolute atomic E-state index is 1.18. The van der Waals surface area contributed by atoms with Crippen molar-refractivity contribution in [3.63, 3.8) is 0 Å². The standard InChI is InChI=1S/C40H40/c1-2-3-4-5-6-9-15-26-24-25-34-36-28(26)20-14-23-31(36)39-32-18-10-7-8-11-19-33(40(34)39)38-30-22-13-17-27-16-12-21-29(35(27)30)37(32)38/h12-14,16-17,20-25H,2-11,15,18-19H2,1H3. The van der Waals surface area contributed by atoms with Gasteiger partial charge in [0.2, 0.25) is 0 Å². The lowest BCUT2D eigenvalue weighted by molar-refractivity contribution is 0.608. The van der Waals surface area contributed by atoms with Crippen LogP contribution in [0.2, 0.25) is 0 Å². The van der Waals surface area contributed by atoms with E-state index in [9.17, 15) is 0 Å². The summed E-state index contributed by atoms with van der Waals surface area (Å²) < 4.78 is 0. The Labute approximate surface area is 238 Å². The SMILES string of the molecule is CCCCCCCCc1ccc2c3c4c5c6cccc7cccc(c5c(c3c3cccc1c32)CCCCCC4)c76. The van der Waals surface area contributed by atoms with Gasteiger partial charge in [0.05, 0.1) is 0 Å². The molecule has 40 heavy (non-hydrogen) atoms. The van der Waals surface area contributed by atoms with E-state index >= 15 is 0 Å². The molecule has 0 aromatic heterocycles. The van der Waals surface area contributed by atoms with E-state index in [0.29, 0.717) is 0 Å². The summed E-state index contributed by atoms with van der Waals surface area (Å²) in [5, 5.41) is 18.2. The van der Waals surface area contributed by atoms with Crippen molar-refractivity contribution in [2.45, 2.75) is 90.4 Å². The molecular formula is C40H40. The molecule has 8 rings (SSSR count). The fourth-order valence-corrected chi connectivity index (χ4v) is 8.45. The van der Waals surface area contributed by atoms with E-state index in [0.717, 1.165) is 0 Å². The van der Waals surface area contributed by atoms with E-state index in [1.165, 1.54) is 127 Å². The van der Waals surface area contributed by atoms with Gasteiger partial charge in [-0.3, -0.25) is 0 Å². The highest BCUT2D eigenvalue weighted by Gasteiger charge is 2.26. The molecule has 0 spiro atoms. The van der Waals surface area contributed by atoms with Crippen molar-refractivity contribution in [1.82, 2.24) is 0 Å². The smallest absolute Gasteiger partial charge is 0.00234 e. The maximum atomic E-state index is 2.51. The quantitative estimate of drug-likeness (QED) is 0.183. The Bertz CT molecular complexity index is 1890. The molecule has 0 heterocycles. The lowest BCUT2D eigenvalue weighted by Crippen LogP contribution is -1.97. The molecule has 0 N–H and O–H groups in total. The van der Waals surface area contributed by atoms with Crippen molar-refractivity contribution in [3.05, 3.63) is 83.4 Å². The molecule has 7 aromatic rings. The van der Waals surface area contributed by atoms with Gasteiger partial charge in [-0.2, -0.15) is 0 Å². The lowest BCUT2D eigenvalue weighted by atomic mass is 9.87. The summed E-state index contributed by atoms with van der Waals surface area (Å²) in [5.41, 5.74) is 4.81. The zero-order valence-electron chi connectivity index (χ0n) is 24.0. The van der Waals surface area contributed by atoms with E-state index in [1.54, 1.807) is 38.2 Å². The van der Waals surface area contributed by atoms with Gasteiger partial charge in [0.1, 0.15) is 0 Å². The minimum Gasteiger partial charge on any atom is -0.0654 e. The van der Waals surface area contributed by atoms with Crippen LogP contribution in [0.3, 0.4) is 0 Å². The zero-order chi connectivity index (χ0) is 26.6. The van der Waals surface area contributed by atoms with E-state index in [-0.39, 0.29) is 0 Å². The van der Waals surface area contributed by atoms with Gasteiger partial charge in [-0.1, -0.05) is 119 Å². The van der Waals surface area contributed by atoms with Gasteiger partial charge in [-0.05, 0) is 120 Å². The van der Waals surface area contributed by atoms with Gasteiger partial charge >= 0.3 is 0 Å². The van der Waals surface area contributed by atoms with Crippen molar-refractivity contribution in [2.75, 3.05) is 0 Å². The molecule has 1 aliphatic rings. The van der Waals surface area contributed by atoms with Gasteiger partial charge in [0, 0.05) is 0 Å². The Morgan fingerprint density at radius 1 is 0.450 bits per heavy atom. The average molecular weight is 521 g/mol. The topological polar surface area (TPSA) is 0 Å². The van der Waals surface area contributed by atoms with Crippen molar-refractivity contribution < 1.29 is 0 Å². The average Bonchev–Trinajstić information content (AvgIpc) is 3.51. The molecule has 7 aromatic carbocycles. The van der Waals surface area contributed by atoms with E-state index < -0.39 is 0 Å². The van der Waals surface area contributed by atoms with Gasteiger partial charge in [-0.25, -0.2) is 0 Å². The summed E-state index contributed by atoms with van der Waals surface area (Å²) in [6.45, 7) is 2.31. The fraction of sp³-hybridized carbons (Fsp3) is 0.350. The fourth-order valence-electron chi connectivity index (χ4n) is 8.45. The number of aryl methyl sites for hydroxylation is 3. The van der Waals surface area contributed by atoms with Crippen LogP contribution in [0.25, 0.3) is 64.6 Å². The van der Waals surface area contributed by atoms with Crippen LogP contribution in [0.15, 0.2) is 66.7 Å². The highest BCUT2D eigenvalue weighted by Crippen LogP contribution is 2.51. The van der Waals surface area contributed by atoms with Gasteiger partial charge in [-0.15, -0.1) is 0 Å². The van der Waals surface area contributed by atoms with Crippen LogP contribution >= 0.6 is 0 Å². The number of unbranched alkanes of at least 4 members (excludes halogenated alkanes) is 5. The second-order valence-corrected chi connectivity index (χ2v) is 12.6. The Morgan fingerprint density at radius 2 is 0.975 bits per heavy atom. The molecule has 0 radical (unpaired) electrons. The molecule has 0 saturated heterocycles. The predicted octanol–water partition coefficient (Wildman–Crippen LogP) is 12.0. The van der Waals surface area contributed by atoms with Crippen molar-refractivity contribution >= 4 is 64.6 Å². The molecule has 2 bridgehead atoms. The molecule has 0 fully saturated rings. The molecule has 200 valence electrons. The maximum absolute atomic E-state index is 2.51. The monoisotopic (exact) mass is 520 g/mol. The molecule has 0 atom stereocenters. The largest absolute Gasteiger partial charge is 0.0654 e. The molecular weight excluding hydrogens is 480 g/mol. The Balaban J connectivity index is 1.43. The highest BCUT2D eigenvalue weighted by atomic mass is 14.3. The van der Waals surface area contributed by atoms with Gasteiger partial charge < -0.3 is 0 Å². The van der Waals surface area contributed by atoms with Crippen molar-refractivity contribution in [1.29, 1.82) is 0 Å². The summed E-state index contributed by atoms with van der Waals surface area (Å²) in [6, 6.07) is 26.2. The molecule has 0 heteroatoms. The van der Waals surface area contributed by atoms with Crippen molar-refractivity contribution in [3.8, 4) is 0 Å². The number of fused-ring (bicyclic) bond motifs is 5. The zero-order valence-corrected chi connectivity index (χ0v) is 24.0. The van der Waals surface area contributed by atoms with Crippen LogP contribution in [0.1, 0.15) is 87.8 Å². The first-order chi connectivity index (χ1) is 19.9. The van der Waals surface area contributed by atoms with Crippen molar-refractivity contribution in [2.24, 2.45) is 0 Å². The first-order valence-electron chi connectivity index (χ1n) is 16.2. The second-order valence-electron chi connectivity index (χ2n) is 12.6. The molecule has 0 nitrogen and oxygen atoms in total. The molecule has 0 saturated carbocycles. The van der Waals surface area contributed by atoms with E-state index in [2.05, 4.69) is 73.7 Å². The van der Waals surface area contributed by atoms with E-state index in [1.807, 2.05) is 0 Å². The van der Waals surface area contributed by atoms with Crippen LogP contribution in [-0.4, -0.2) is 0 Å². The number of hydrogen-bond donors (Lipinski definition) is 0. The lowest BCUT2D eigenvalue weighted by Gasteiger charge is -2.17. The Hall–Kier alpha value is -3.38. The first kappa shape index (κ1) is 24.4. The second kappa shape index (κ2) is 9.91. The summed E-state index contributed by atoms with van der Waals surface area (Å²) in [5.74, 6) is 0. The normalized spacial score (nSPS) is 14.7. The van der Waals surface area contributed by atoms with Crippen LogP contribution in [-0.2, 0) is 19.3 Å². The van der Waals surface area contributed by atoms with Gasteiger partial charge in [0.15, 0.2) is 0 Å². The maximum Gasteiger partial charge on any atom is -0.00234 e. The summed E-state index contributed by atoms with van der Waals surface area (Å²) in [4.78, 5) is 0. The van der Waals surface area contributed by atoms with Crippen LogP contribution in [0, 0.1) is 0 Å². The first-order valence-corrected chi connectivity index (χ1v) is 16.2. The predicted molar refractivity (Wildman–Crippen MR) is 177 cm³/mol. The summed E-state index contributed by atoms with van der Waals surface area (Å²) in [7, 11) is 0. The van der Waals surface area contributed by atoms with Crippen LogP contribution < -0.4 is 0 Å². The highest BCUT2D eigenvalue weighted by molar-refractivity contribution is 6.40. The molecule has 0 amide bonds. The Kier molecular flexibility index (Phi) is 6.05. The molecule has 1 aliphatic carbocycles.